The molecule has 2 rings (SSSR count). The van der Waals surface area contributed by atoms with E-state index in [1.807, 2.05) is 0 Å². The van der Waals surface area contributed by atoms with Crippen molar-refractivity contribution < 1.29 is 9.59 Å². The topological polar surface area (TPSA) is 70.2 Å². The number of likely N-dealkylation sites (tertiary alicyclic amines) is 1. The Hall–Kier alpha value is -1.91. The Bertz CT molecular complexity index is 478. The van der Waals surface area contributed by atoms with Gasteiger partial charge in [-0.25, -0.2) is 0 Å². The number of nitrogens with one attached hydrogen (secondary N) is 1. The number of carbonyl (C=O) groups is 2. The molecular formula is C11H12N2O3. The number of H-pyrrole nitrogens is 1. The maximum Gasteiger partial charge on any atom is 0.259 e. The monoisotopic (exact) mass is 220 g/mol. The van der Waals surface area contributed by atoms with Crippen LogP contribution in [0.4, 0.5) is 0 Å². The van der Waals surface area contributed by atoms with Crippen LogP contribution < -0.4 is 5.43 Å². The lowest BCUT2D eigenvalue weighted by atomic mass is 10.1. The van der Waals surface area contributed by atoms with Gasteiger partial charge in [-0.1, -0.05) is 0 Å². The van der Waals surface area contributed by atoms with Crippen LogP contribution in [0.25, 0.3) is 0 Å². The maximum absolute atomic E-state index is 11.9. The maximum atomic E-state index is 11.9. The molecule has 0 spiro atoms. The minimum absolute atomic E-state index is 0.0481. The van der Waals surface area contributed by atoms with Crippen molar-refractivity contribution in [3.05, 3.63) is 34.2 Å². The van der Waals surface area contributed by atoms with Crippen molar-refractivity contribution in [1.29, 1.82) is 0 Å². The molecule has 2 heterocycles. The molecular weight excluding hydrogens is 208 g/mol. The van der Waals surface area contributed by atoms with E-state index in [0.717, 1.165) is 0 Å². The first-order chi connectivity index (χ1) is 7.68. The standard InChI is InChI=1S/C11H12N2O3/c14-8-2-1-5-13(7-8)11(16)9-6-12-4-3-10(9)15/h3-4,6H,1-2,5,7H2,(H,12,15). The summed E-state index contributed by atoms with van der Waals surface area (Å²) in [6, 6.07) is 1.30. The highest BCUT2D eigenvalue weighted by atomic mass is 16.2. The third-order valence-electron chi connectivity index (χ3n) is 2.59. The molecule has 1 fully saturated rings. The molecule has 1 aromatic heterocycles. The van der Waals surface area contributed by atoms with E-state index in [4.69, 9.17) is 0 Å². The second kappa shape index (κ2) is 4.30. The summed E-state index contributed by atoms with van der Waals surface area (Å²) in [5.41, 5.74) is -0.223. The first-order valence-electron chi connectivity index (χ1n) is 5.16. The fourth-order valence-corrected chi connectivity index (χ4v) is 1.77. The molecule has 5 nitrogen and oxygen atoms in total. The minimum atomic E-state index is -0.366. The van der Waals surface area contributed by atoms with Gasteiger partial charge in [0, 0.05) is 31.4 Å². The summed E-state index contributed by atoms with van der Waals surface area (Å²) in [6.45, 7) is 0.659. The molecule has 1 aliphatic heterocycles. The average molecular weight is 220 g/mol. The highest BCUT2D eigenvalue weighted by molar-refractivity contribution is 5.97. The number of amides is 1. The smallest absolute Gasteiger partial charge is 0.259 e. The third kappa shape index (κ3) is 2.03. The first-order valence-corrected chi connectivity index (χ1v) is 5.16. The molecule has 0 saturated carbocycles. The van der Waals surface area contributed by atoms with Crippen molar-refractivity contribution in [2.75, 3.05) is 13.1 Å². The molecule has 16 heavy (non-hydrogen) atoms. The lowest BCUT2D eigenvalue weighted by Gasteiger charge is -2.25. The fraction of sp³-hybridized carbons (Fsp3) is 0.364. The van der Waals surface area contributed by atoms with E-state index in [2.05, 4.69) is 4.98 Å². The van der Waals surface area contributed by atoms with Gasteiger partial charge in [-0.05, 0) is 6.42 Å². The number of Topliss-reactive ketones (excluding diaryl/α,β-unsaturated/α-hetero) is 1. The molecule has 0 aliphatic carbocycles. The lowest BCUT2D eigenvalue weighted by Crippen LogP contribution is -2.41. The summed E-state index contributed by atoms with van der Waals surface area (Å²) >= 11 is 0. The zero-order valence-electron chi connectivity index (χ0n) is 8.73. The van der Waals surface area contributed by atoms with Crippen LogP contribution in [0.15, 0.2) is 23.3 Å². The second-order valence-electron chi connectivity index (χ2n) is 3.79. The van der Waals surface area contributed by atoms with Gasteiger partial charge in [0.2, 0.25) is 0 Å². The molecule has 0 atom stereocenters. The van der Waals surface area contributed by atoms with E-state index in [1.54, 1.807) is 0 Å². The van der Waals surface area contributed by atoms with Gasteiger partial charge in [-0.3, -0.25) is 14.4 Å². The minimum Gasteiger partial charge on any atom is -0.367 e. The van der Waals surface area contributed by atoms with Crippen LogP contribution in [-0.2, 0) is 4.79 Å². The van der Waals surface area contributed by atoms with Crippen molar-refractivity contribution in [3.63, 3.8) is 0 Å². The summed E-state index contributed by atoms with van der Waals surface area (Å²) in [7, 11) is 0. The van der Waals surface area contributed by atoms with Crippen LogP contribution in [-0.4, -0.2) is 34.7 Å². The van der Waals surface area contributed by atoms with E-state index in [-0.39, 0.29) is 29.2 Å². The Balaban J connectivity index is 2.22. The summed E-state index contributed by atoms with van der Waals surface area (Å²) in [5.74, 6) is -0.318. The Kier molecular flexibility index (Phi) is 2.85. The number of rotatable bonds is 1. The average Bonchev–Trinajstić information content (AvgIpc) is 2.29. The van der Waals surface area contributed by atoms with E-state index >= 15 is 0 Å². The molecule has 1 aliphatic rings. The molecule has 1 aromatic rings. The third-order valence-corrected chi connectivity index (χ3v) is 2.59. The van der Waals surface area contributed by atoms with E-state index in [9.17, 15) is 14.4 Å². The van der Waals surface area contributed by atoms with Crippen LogP contribution in [0.1, 0.15) is 23.2 Å². The number of pyridine rings is 1. The summed E-state index contributed by atoms with van der Waals surface area (Å²) in [6.07, 6.45) is 4.05. The number of hydrogen-bond donors (Lipinski definition) is 1. The number of aromatic amines is 1. The van der Waals surface area contributed by atoms with Gasteiger partial charge in [-0.15, -0.1) is 0 Å². The van der Waals surface area contributed by atoms with Crippen molar-refractivity contribution in [3.8, 4) is 0 Å². The van der Waals surface area contributed by atoms with Crippen molar-refractivity contribution in [1.82, 2.24) is 9.88 Å². The SMILES string of the molecule is O=C1CCCN(C(=O)c2c[nH]ccc2=O)C1. The Morgan fingerprint density at radius 2 is 2.19 bits per heavy atom. The Morgan fingerprint density at radius 3 is 2.88 bits per heavy atom. The van der Waals surface area contributed by atoms with Gasteiger partial charge in [0.05, 0.1) is 6.54 Å². The van der Waals surface area contributed by atoms with Crippen molar-refractivity contribution in [2.45, 2.75) is 12.8 Å². The Labute approximate surface area is 92.1 Å². The summed E-state index contributed by atoms with van der Waals surface area (Å²) in [5, 5.41) is 0. The van der Waals surface area contributed by atoms with E-state index in [0.29, 0.717) is 19.4 Å². The highest BCUT2D eigenvalue weighted by Crippen LogP contribution is 2.08. The second-order valence-corrected chi connectivity index (χ2v) is 3.79. The molecule has 0 unspecified atom stereocenters. The quantitative estimate of drug-likeness (QED) is 0.734. The predicted octanol–water partition coefficient (Wildman–Crippen LogP) is 0.180. The van der Waals surface area contributed by atoms with E-state index < -0.39 is 0 Å². The van der Waals surface area contributed by atoms with Crippen LogP contribution in [0, 0.1) is 0 Å². The fourth-order valence-electron chi connectivity index (χ4n) is 1.77. The van der Waals surface area contributed by atoms with Gasteiger partial charge in [0.15, 0.2) is 11.2 Å². The normalized spacial score (nSPS) is 16.2. The summed E-state index contributed by atoms with van der Waals surface area (Å²) < 4.78 is 0. The van der Waals surface area contributed by atoms with Crippen LogP contribution in [0.5, 0.6) is 0 Å². The lowest BCUT2D eigenvalue weighted by molar-refractivity contribution is -0.121. The molecule has 0 aromatic carbocycles. The molecule has 1 saturated heterocycles. The number of nitrogens with zero attached hydrogens (tertiary/aromatic N) is 1. The molecule has 1 amide bonds. The number of aromatic nitrogens is 1. The van der Waals surface area contributed by atoms with Crippen LogP contribution in [0.3, 0.4) is 0 Å². The molecule has 0 radical (unpaired) electrons. The Morgan fingerprint density at radius 1 is 1.38 bits per heavy atom. The van der Waals surface area contributed by atoms with E-state index in [1.165, 1.54) is 23.4 Å². The van der Waals surface area contributed by atoms with Crippen molar-refractivity contribution >= 4 is 11.7 Å². The molecule has 84 valence electrons. The number of hydrogen-bond acceptors (Lipinski definition) is 3. The first kappa shape index (κ1) is 10.6. The number of carbonyl (C=O) groups excluding carboxylic acids is 2. The number of ketones is 1. The molecule has 5 heteroatoms. The number of piperidine rings is 1. The summed E-state index contributed by atoms with van der Waals surface area (Å²) in [4.78, 5) is 38.7. The van der Waals surface area contributed by atoms with Crippen LogP contribution >= 0.6 is 0 Å². The molecule has 0 bridgehead atoms. The molecule has 1 N–H and O–H groups in total. The zero-order chi connectivity index (χ0) is 11.5. The van der Waals surface area contributed by atoms with Gasteiger partial charge in [0.1, 0.15) is 5.56 Å². The largest absolute Gasteiger partial charge is 0.367 e. The van der Waals surface area contributed by atoms with Crippen LogP contribution in [0.2, 0.25) is 0 Å². The van der Waals surface area contributed by atoms with Gasteiger partial charge >= 0.3 is 0 Å². The van der Waals surface area contributed by atoms with Gasteiger partial charge in [-0.2, -0.15) is 0 Å². The zero-order valence-corrected chi connectivity index (χ0v) is 8.73. The van der Waals surface area contributed by atoms with Gasteiger partial charge < -0.3 is 9.88 Å². The van der Waals surface area contributed by atoms with Gasteiger partial charge in [0.25, 0.3) is 5.91 Å². The van der Waals surface area contributed by atoms with Crippen molar-refractivity contribution in [2.24, 2.45) is 0 Å². The highest BCUT2D eigenvalue weighted by Gasteiger charge is 2.23. The predicted molar refractivity (Wildman–Crippen MR) is 57.2 cm³/mol.